The van der Waals surface area contributed by atoms with E-state index in [0.29, 0.717) is 0 Å². The minimum Gasteiger partial charge on any atom is -0.502 e. The first kappa shape index (κ1) is 41.7. The van der Waals surface area contributed by atoms with Gasteiger partial charge in [0.1, 0.15) is 30.2 Å². The summed E-state index contributed by atoms with van der Waals surface area (Å²) < 4.78 is 0. The zero-order chi connectivity index (χ0) is 38.6. The van der Waals surface area contributed by atoms with Crippen LogP contribution in [0.15, 0.2) is 42.5 Å². The predicted octanol–water partition coefficient (Wildman–Crippen LogP) is -0.975. The van der Waals surface area contributed by atoms with Crippen LogP contribution in [0.1, 0.15) is 50.0 Å². The molecule has 2 aromatic carbocycles. The van der Waals surface area contributed by atoms with Crippen LogP contribution in [0.25, 0.3) is 0 Å². The largest absolute Gasteiger partial charge is 0.502 e. The number of amides is 6. The molecule has 0 saturated heterocycles. The van der Waals surface area contributed by atoms with Crippen LogP contribution >= 0.6 is 12.6 Å². The Morgan fingerprint density at radius 2 is 1.43 bits per heavy atom. The van der Waals surface area contributed by atoms with Crippen molar-refractivity contribution in [3.8, 4) is 5.75 Å². The monoisotopic (exact) mass is 732 g/mol. The Labute approximate surface area is 299 Å². The van der Waals surface area contributed by atoms with Gasteiger partial charge in [-0.25, -0.2) is 0 Å². The van der Waals surface area contributed by atoms with E-state index in [-0.39, 0.29) is 41.3 Å². The number of phenolic OH excluding ortho intramolecular Hbond substituents is 1. The Hall–Kier alpha value is -5.43. The van der Waals surface area contributed by atoms with E-state index in [1.807, 2.05) is 0 Å². The second kappa shape index (κ2) is 19.1. The van der Waals surface area contributed by atoms with Crippen molar-refractivity contribution in [3.63, 3.8) is 0 Å². The quantitative estimate of drug-likeness (QED) is 0.0385. The van der Waals surface area contributed by atoms with E-state index in [4.69, 9.17) is 11.5 Å². The molecule has 6 atom stereocenters. The number of hydrogen-bond donors (Lipinski definition) is 10. The molecule has 11 N–H and O–H groups in total. The number of nitro groups is 1. The number of benzene rings is 2. The third-order valence-corrected chi connectivity index (χ3v) is 7.87. The molecule has 0 unspecified atom stereocenters. The summed E-state index contributed by atoms with van der Waals surface area (Å²) in [7, 11) is 0. The van der Waals surface area contributed by atoms with Gasteiger partial charge < -0.3 is 48.3 Å². The van der Waals surface area contributed by atoms with Gasteiger partial charge in [0.15, 0.2) is 5.75 Å². The number of nitrogens with two attached hydrogens (primary N) is 2. The molecule has 51 heavy (non-hydrogen) atoms. The van der Waals surface area contributed by atoms with Crippen LogP contribution in [0, 0.1) is 16.0 Å². The molecule has 0 aliphatic heterocycles. The zero-order valence-electron chi connectivity index (χ0n) is 28.4. The molecule has 0 spiro atoms. The van der Waals surface area contributed by atoms with Gasteiger partial charge in [0, 0.05) is 23.9 Å². The number of nitrogens with zero attached hydrogens (tertiary/aromatic N) is 1. The number of nitrogen functional groups attached to an aromatic ring is 1. The lowest BCUT2D eigenvalue weighted by Gasteiger charge is -2.27. The van der Waals surface area contributed by atoms with Crippen LogP contribution in [0.4, 0.5) is 11.4 Å². The number of hydrogen-bond acceptors (Lipinski definition) is 12. The highest BCUT2D eigenvalue weighted by atomic mass is 32.1. The van der Waals surface area contributed by atoms with Crippen molar-refractivity contribution >= 4 is 59.4 Å². The minimum atomic E-state index is -1.57. The molecule has 0 aliphatic rings. The zero-order valence-corrected chi connectivity index (χ0v) is 29.3. The van der Waals surface area contributed by atoms with Gasteiger partial charge in [-0.05, 0) is 49.9 Å². The average Bonchev–Trinajstić information content (AvgIpc) is 3.05. The van der Waals surface area contributed by atoms with Crippen LogP contribution in [-0.2, 0) is 30.4 Å². The lowest BCUT2D eigenvalue weighted by atomic mass is 10.0. The van der Waals surface area contributed by atoms with Crippen molar-refractivity contribution in [2.75, 3.05) is 11.5 Å². The molecule has 0 aromatic heterocycles. The molecule has 278 valence electrons. The first-order valence-corrected chi connectivity index (χ1v) is 16.4. The number of aliphatic hydroxyl groups is 1. The number of aromatic hydroxyl groups is 1. The summed E-state index contributed by atoms with van der Waals surface area (Å²) >= 11 is 4.13. The summed E-state index contributed by atoms with van der Waals surface area (Å²) in [5.74, 6) is -6.13. The summed E-state index contributed by atoms with van der Waals surface area (Å²) in [6.45, 7) is 6.10. The number of anilines is 1. The maximum Gasteiger partial charge on any atom is 0.310 e. The number of para-hydroxylation sites is 1. The second-order valence-electron chi connectivity index (χ2n) is 12.2. The third kappa shape index (κ3) is 12.4. The normalized spacial score (nSPS) is 14.5. The Bertz CT molecular complexity index is 1620. The molecule has 0 bridgehead atoms. The molecule has 0 aliphatic carbocycles. The topological polar surface area (TPSA) is 298 Å². The van der Waals surface area contributed by atoms with Gasteiger partial charge in [-0.2, -0.15) is 12.6 Å². The fourth-order valence-corrected chi connectivity index (χ4v) is 4.99. The van der Waals surface area contributed by atoms with Gasteiger partial charge in [-0.3, -0.25) is 38.9 Å². The number of nitro benzene ring substituents is 1. The smallest absolute Gasteiger partial charge is 0.310 e. The molecule has 0 saturated carbocycles. The van der Waals surface area contributed by atoms with E-state index in [0.717, 1.165) is 12.1 Å². The van der Waals surface area contributed by atoms with E-state index >= 15 is 0 Å². The van der Waals surface area contributed by atoms with Gasteiger partial charge in [-0.15, -0.1) is 0 Å². The SMILES string of the molecule is CC(C)C[C@H](NC(=O)[C@H](CS)NC(=O)[C@@H](NC(=O)[C@H](C)NC(=O)c1ccccc1N)[C@@H](C)O)C(=O)N[C@@H](Cc1ccc(O)c([N+](=O)[O-])c1)C(N)=O. The van der Waals surface area contributed by atoms with Gasteiger partial charge in [0.25, 0.3) is 5.91 Å². The van der Waals surface area contributed by atoms with E-state index < -0.39 is 88.1 Å². The molecule has 0 radical (unpaired) electrons. The second-order valence-corrected chi connectivity index (χ2v) is 12.6. The highest BCUT2D eigenvalue weighted by Gasteiger charge is 2.33. The van der Waals surface area contributed by atoms with Crippen molar-refractivity contribution < 1.29 is 43.9 Å². The molecule has 0 fully saturated rings. The Balaban J connectivity index is 2.13. The Morgan fingerprint density at radius 3 is 1.98 bits per heavy atom. The van der Waals surface area contributed by atoms with Crippen molar-refractivity contribution in [1.82, 2.24) is 26.6 Å². The number of carbonyl (C=O) groups excluding carboxylic acids is 6. The molecular formula is C32H44N8O10S. The molecule has 6 amide bonds. The molecular weight excluding hydrogens is 688 g/mol. The fraction of sp³-hybridized carbons (Fsp3) is 0.438. The molecule has 19 heteroatoms. The van der Waals surface area contributed by atoms with Crippen molar-refractivity contribution in [2.24, 2.45) is 11.7 Å². The summed E-state index contributed by atoms with van der Waals surface area (Å²) in [4.78, 5) is 87.9. The van der Waals surface area contributed by atoms with Crippen LogP contribution in [-0.4, -0.2) is 92.6 Å². The van der Waals surface area contributed by atoms with Crippen LogP contribution < -0.4 is 38.1 Å². The van der Waals surface area contributed by atoms with Gasteiger partial charge in [0.2, 0.25) is 29.5 Å². The van der Waals surface area contributed by atoms with E-state index in [9.17, 15) is 49.1 Å². The third-order valence-electron chi connectivity index (χ3n) is 7.50. The van der Waals surface area contributed by atoms with Crippen molar-refractivity contribution in [3.05, 3.63) is 63.7 Å². The fourth-order valence-electron chi connectivity index (χ4n) is 4.73. The van der Waals surface area contributed by atoms with Crippen LogP contribution in [0.3, 0.4) is 0 Å². The molecule has 2 aromatic rings. The first-order chi connectivity index (χ1) is 23.9. The Kier molecular flexibility index (Phi) is 15.6. The average molecular weight is 733 g/mol. The number of thiol groups is 1. The van der Waals surface area contributed by atoms with E-state index in [1.165, 1.54) is 32.0 Å². The number of nitrogens with one attached hydrogen (secondary N) is 5. The standard InChI is InChI=1S/C32H44N8O10S/c1-15(2)11-22(30(46)36-21(27(34)43)12-18-9-10-25(42)24(13-18)40(49)50)37-31(47)23(14-51)38-32(48)26(17(4)41)39-28(44)16(3)35-29(45)19-7-5-6-8-20(19)33/h5-10,13,15-17,21-23,26,41-42,51H,11-12,14,33H2,1-4H3,(H2,34,43)(H,35,45)(H,36,46)(H,37,47)(H,38,48)(H,39,44)/t16-,17+,21-,22-,23-,26-/m0/s1. The van der Waals surface area contributed by atoms with Gasteiger partial charge in [-0.1, -0.05) is 32.0 Å². The summed E-state index contributed by atoms with van der Waals surface area (Å²) in [6, 6.07) is 2.88. The lowest BCUT2D eigenvalue weighted by Crippen LogP contribution is -2.61. The highest BCUT2D eigenvalue weighted by Crippen LogP contribution is 2.26. The number of rotatable bonds is 18. The summed E-state index contributed by atoms with van der Waals surface area (Å²) in [5, 5.41) is 43.4. The molecule has 18 nitrogen and oxygen atoms in total. The molecule has 0 heterocycles. The maximum absolute atomic E-state index is 13.3. The van der Waals surface area contributed by atoms with Crippen molar-refractivity contribution in [1.29, 1.82) is 0 Å². The number of aliphatic hydroxyl groups excluding tert-OH is 1. The maximum atomic E-state index is 13.3. The van der Waals surface area contributed by atoms with Crippen LogP contribution in [0.5, 0.6) is 5.75 Å². The van der Waals surface area contributed by atoms with Crippen molar-refractivity contribution in [2.45, 2.75) is 76.8 Å². The first-order valence-electron chi connectivity index (χ1n) is 15.8. The number of carbonyl (C=O) groups is 6. The summed E-state index contributed by atoms with van der Waals surface area (Å²) in [6.07, 6.45) is -1.65. The summed E-state index contributed by atoms with van der Waals surface area (Å²) in [5.41, 5.74) is 11.2. The van der Waals surface area contributed by atoms with Gasteiger partial charge >= 0.3 is 5.69 Å². The Morgan fingerprint density at radius 1 is 0.843 bits per heavy atom. The molecule has 2 rings (SSSR count). The predicted molar refractivity (Wildman–Crippen MR) is 188 cm³/mol. The van der Waals surface area contributed by atoms with E-state index in [1.54, 1.807) is 26.0 Å². The highest BCUT2D eigenvalue weighted by molar-refractivity contribution is 7.80. The number of primary amides is 1. The van der Waals surface area contributed by atoms with Crippen LogP contribution in [0.2, 0.25) is 0 Å². The van der Waals surface area contributed by atoms with Gasteiger partial charge in [0.05, 0.1) is 16.6 Å². The number of phenols is 1. The van der Waals surface area contributed by atoms with E-state index in [2.05, 4.69) is 39.2 Å². The minimum absolute atomic E-state index is 0.0750. The lowest BCUT2D eigenvalue weighted by molar-refractivity contribution is -0.385.